The first kappa shape index (κ1) is 14.3. The highest BCUT2D eigenvalue weighted by molar-refractivity contribution is 5.90. The van der Waals surface area contributed by atoms with Crippen molar-refractivity contribution >= 4 is 5.91 Å². The zero-order valence-electron chi connectivity index (χ0n) is 12.3. The summed E-state index contributed by atoms with van der Waals surface area (Å²) in [6.45, 7) is 7.73. The van der Waals surface area contributed by atoms with Crippen LogP contribution in [0.1, 0.15) is 59.8 Å². The van der Waals surface area contributed by atoms with Crippen molar-refractivity contribution in [1.82, 2.24) is 20.5 Å². The molecule has 0 radical (unpaired) electrons. The number of hydrogen-bond acceptors (Lipinski definition) is 4. The summed E-state index contributed by atoms with van der Waals surface area (Å²) in [5.41, 5.74) is 0.972. The molecule has 6 heteroatoms. The Kier molecular flexibility index (Phi) is 4.22. The number of H-pyrrole nitrogens is 1. The van der Waals surface area contributed by atoms with Crippen molar-refractivity contribution in [3.05, 3.63) is 34.8 Å². The standard InChI is InChI=1S/C14H20N4O2/c1-5-6-12-16-13(18-17-12)14(19)15-9(3)11-7-8(2)20-10(11)4/h7,9H,5-6H2,1-4H3,(H,15,19)(H,16,17,18). The molecule has 20 heavy (non-hydrogen) atoms. The Labute approximate surface area is 118 Å². The Morgan fingerprint density at radius 3 is 2.85 bits per heavy atom. The lowest BCUT2D eigenvalue weighted by Crippen LogP contribution is -2.27. The summed E-state index contributed by atoms with van der Waals surface area (Å²) in [5.74, 6) is 2.28. The van der Waals surface area contributed by atoms with Gasteiger partial charge in [0.25, 0.3) is 5.91 Å². The second-order valence-corrected chi connectivity index (χ2v) is 4.92. The van der Waals surface area contributed by atoms with E-state index in [2.05, 4.69) is 20.5 Å². The highest BCUT2D eigenvalue weighted by Gasteiger charge is 2.18. The van der Waals surface area contributed by atoms with Crippen LogP contribution in [0.2, 0.25) is 0 Å². The van der Waals surface area contributed by atoms with Crippen LogP contribution in [-0.4, -0.2) is 21.1 Å². The Morgan fingerprint density at radius 1 is 1.50 bits per heavy atom. The van der Waals surface area contributed by atoms with Gasteiger partial charge in [-0.2, -0.15) is 0 Å². The van der Waals surface area contributed by atoms with Gasteiger partial charge in [-0.05, 0) is 33.3 Å². The van der Waals surface area contributed by atoms with Crippen LogP contribution in [0.15, 0.2) is 10.5 Å². The quantitative estimate of drug-likeness (QED) is 0.878. The van der Waals surface area contributed by atoms with Crippen LogP contribution in [0.25, 0.3) is 0 Å². The van der Waals surface area contributed by atoms with Crippen molar-refractivity contribution < 1.29 is 9.21 Å². The van der Waals surface area contributed by atoms with Crippen molar-refractivity contribution in [3.8, 4) is 0 Å². The van der Waals surface area contributed by atoms with Crippen LogP contribution in [-0.2, 0) is 6.42 Å². The number of hydrogen-bond donors (Lipinski definition) is 2. The molecule has 108 valence electrons. The van der Waals surface area contributed by atoms with E-state index in [1.165, 1.54) is 0 Å². The molecule has 0 saturated heterocycles. The third-order valence-electron chi connectivity index (χ3n) is 3.12. The predicted molar refractivity (Wildman–Crippen MR) is 74.4 cm³/mol. The summed E-state index contributed by atoms with van der Waals surface area (Å²) in [6, 6.07) is 1.79. The monoisotopic (exact) mass is 276 g/mol. The average molecular weight is 276 g/mol. The first-order valence-corrected chi connectivity index (χ1v) is 6.80. The Bertz CT molecular complexity index is 600. The van der Waals surface area contributed by atoms with Gasteiger partial charge in [0.1, 0.15) is 17.3 Å². The van der Waals surface area contributed by atoms with Crippen LogP contribution in [0, 0.1) is 13.8 Å². The van der Waals surface area contributed by atoms with Crippen LogP contribution < -0.4 is 5.32 Å². The molecule has 0 aliphatic carbocycles. The SMILES string of the molecule is CCCc1nc(C(=O)NC(C)c2cc(C)oc2C)n[nH]1. The molecular weight excluding hydrogens is 256 g/mol. The summed E-state index contributed by atoms with van der Waals surface area (Å²) in [6.07, 6.45) is 1.75. The third kappa shape index (κ3) is 3.07. The fourth-order valence-electron chi connectivity index (χ4n) is 2.16. The Hall–Kier alpha value is -2.11. The molecule has 0 spiro atoms. The zero-order valence-corrected chi connectivity index (χ0v) is 12.3. The maximum atomic E-state index is 12.1. The molecule has 2 heterocycles. The van der Waals surface area contributed by atoms with Crippen LogP contribution in [0.4, 0.5) is 0 Å². The van der Waals surface area contributed by atoms with Gasteiger partial charge < -0.3 is 9.73 Å². The lowest BCUT2D eigenvalue weighted by molar-refractivity contribution is 0.0929. The summed E-state index contributed by atoms with van der Waals surface area (Å²) >= 11 is 0. The summed E-state index contributed by atoms with van der Waals surface area (Å²) in [5, 5.41) is 9.59. The predicted octanol–water partition coefficient (Wildman–Crippen LogP) is 2.46. The Balaban J connectivity index is 2.05. The molecule has 2 aromatic heterocycles. The molecule has 0 fully saturated rings. The smallest absolute Gasteiger partial charge is 0.291 e. The summed E-state index contributed by atoms with van der Waals surface area (Å²) in [7, 11) is 0. The second kappa shape index (κ2) is 5.90. The fourth-order valence-corrected chi connectivity index (χ4v) is 2.16. The number of amides is 1. The number of aryl methyl sites for hydroxylation is 3. The van der Waals surface area contributed by atoms with E-state index in [1.54, 1.807) is 0 Å². The molecule has 2 aromatic rings. The first-order chi connectivity index (χ1) is 9.51. The van der Waals surface area contributed by atoms with E-state index in [9.17, 15) is 4.79 Å². The molecule has 1 atom stereocenters. The van der Waals surface area contributed by atoms with E-state index in [4.69, 9.17) is 4.42 Å². The highest BCUT2D eigenvalue weighted by Crippen LogP contribution is 2.21. The number of aromatic nitrogens is 3. The molecule has 0 saturated carbocycles. The minimum atomic E-state index is -0.283. The number of furan rings is 1. The van der Waals surface area contributed by atoms with Gasteiger partial charge in [-0.1, -0.05) is 6.92 Å². The van der Waals surface area contributed by atoms with Crippen molar-refractivity contribution in [2.75, 3.05) is 0 Å². The minimum absolute atomic E-state index is 0.145. The van der Waals surface area contributed by atoms with Gasteiger partial charge in [-0.25, -0.2) is 4.98 Å². The molecule has 6 nitrogen and oxygen atoms in total. The molecule has 0 bridgehead atoms. The normalized spacial score (nSPS) is 12.4. The Morgan fingerprint density at radius 2 is 2.25 bits per heavy atom. The van der Waals surface area contributed by atoms with E-state index in [1.807, 2.05) is 33.8 Å². The minimum Gasteiger partial charge on any atom is -0.466 e. The number of rotatable bonds is 5. The van der Waals surface area contributed by atoms with Gasteiger partial charge in [0.15, 0.2) is 0 Å². The molecule has 2 N–H and O–H groups in total. The van der Waals surface area contributed by atoms with Gasteiger partial charge >= 0.3 is 0 Å². The van der Waals surface area contributed by atoms with Crippen LogP contribution >= 0.6 is 0 Å². The fraction of sp³-hybridized carbons (Fsp3) is 0.500. The lowest BCUT2D eigenvalue weighted by Gasteiger charge is -2.11. The van der Waals surface area contributed by atoms with Crippen LogP contribution in [0.5, 0.6) is 0 Å². The number of aromatic amines is 1. The number of carbonyl (C=O) groups excluding carboxylic acids is 1. The number of nitrogens with one attached hydrogen (secondary N) is 2. The first-order valence-electron chi connectivity index (χ1n) is 6.80. The zero-order chi connectivity index (χ0) is 14.7. The lowest BCUT2D eigenvalue weighted by atomic mass is 10.1. The van der Waals surface area contributed by atoms with E-state index in [0.717, 1.165) is 35.7 Å². The topological polar surface area (TPSA) is 83.8 Å². The van der Waals surface area contributed by atoms with Crippen molar-refractivity contribution in [1.29, 1.82) is 0 Å². The third-order valence-corrected chi connectivity index (χ3v) is 3.12. The summed E-state index contributed by atoms with van der Waals surface area (Å²) < 4.78 is 5.47. The maximum Gasteiger partial charge on any atom is 0.291 e. The van der Waals surface area contributed by atoms with Crippen molar-refractivity contribution in [3.63, 3.8) is 0 Å². The van der Waals surface area contributed by atoms with Crippen LogP contribution in [0.3, 0.4) is 0 Å². The van der Waals surface area contributed by atoms with Gasteiger partial charge in [-0.3, -0.25) is 9.89 Å². The van der Waals surface area contributed by atoms with E-state index >= 15 is 0 Å². The van der Waals surface area contributed by atoms with Gasteiger partial charge in [0.05, 0.1) is 6.04 Å². The molecule has 1 amide bonds. The molecule has 0 aliphatic heterocycles. The van der Waals surface area contributed by atoms with E-state index in [0.29, 0.717) is 0 Å². The molecule has 0 aliphatic rings. The van der Waals surface area contributed by atoms with Gasteiger partial charge in [-0.15, -0.1) is 5.10 Å². The highest BCUT2D eigenvalue weighted by atomic mass is 16.3. The van der Waals surface area contributed by atoms with E-state index < -0.39 is 0 Å². The summed E-state index contributed by atoms with van der Waals surface area (Å²) in [4.78, 5) is 16.2. The average Bonchev–Trinajstić information content (AvgIpc) is 2.96. The molecular formula is C14H20N4O2. The molecule has 0 aromatic carbocycles. The molecule has 2 rings (SSSR count). The number of carbonyl (C=O) groups is 1. The van der Waals surface area contributed by atoms with Gasteiger partial charge in [0, 0.05) is 12.0 Å². The molecule has 1 unspecified atom stereocenters. The second-order valence-electron chi connectivity index (χ2n) is 4.92. The van der Waals surface area contributed by atoms with Crippen molar-refractivity contribution in [2.24, 2.45) is 0 Å². The van der Waals surface area contributed by atoms with E-state index in [-0.39, 0.29) is 17.8 Å². The van der Waals surface area contributed by atoms with Crippen molar-refractivity contribution in [2.45, 2.75) is 46.6 Å². The largest absolute Gasteiger partial charge is 0.466 e. The van der Waals surface area contributed by atoms with Gasteiger partial charge in [0.2, 0.25) is 5.82 Å². The maximum absolute atomic E-state index is 12.1. The number of nitrogens with zero attached hydrogens (tertiary/aromatic N) is 2.